The van der Waals surface area contributed by atoms with E-state index >= 15 is 0 Å². The lowest BCUT2D eigenvalue weighted by atomic mass is 9.96. The molecular weight excluding hydrogens is 505 g/mol. The van der Waals surface area contributed by atoms with Crippen molar-refractivity contribution in [2.75, 3.05) is 23.4 Å². The van der Waals surface area contributed by atoms with Crippen molar-refractivity contribution in [2.24, 2.45) is 0 Å². The lowest BCUT2D eigenvalue weighted by molar-refractivity contribution is 0.0334. The molecule has 0 radical (unpaired) electrons. The molecule has 1 aliphatic carbocycles. The minimum absolute atomic E-state index is 0.106. The van der Waals surface area contributed by atoms with Crippen LogP contribution in [0.4, 0.5) is 25.8 Å². The first-order valence-electron chi connectivity index (χ1n) is 9.54. The maximum atomic E-state index is 14.5. The zero-order valence-corrected chi connectivity index (χ0v) is 18.2. The minimum atomic E-state index is -1.03. The van der Waals surface area contributed by atoms with E-state index in [0.29, 0.717) is 28.3 Å². The zero-order chi connectivity index (χ0) is 21.4. The molecule has 2 aromatic carbocycles. The summed E-state index contributed by atoms with van der Waals surface area (Å²) in [7, 11) is 0. The fourth-order valence-corrected chi connectivity index (χ4v) is 3.82. The maximum absolute atomic E-state index is 14.5. The van der Waals surface area contributed by atoms with Gasteiger partial charge in [0.25, 0.3) is 0 Å². The van der Waals surface area contributed by atoms with Crippen LogP contribution in [-0.4, -0.2) is 35.6 Å². The first kappa shape index (κ1) is 21.1. The highest BCUT2D eigenvalue weighted by Gasteiger charge is 2.35. The number of nitrogens with one attached hydrogen (secondary N) is 1. The average Bonchev–Trinajstić information content (AvgIpc) is 3.54. The first-order chi connectivity index (χ1) is 14.4. The molecule has 3 N–H and O–H groups in total. The van der Waals surface area contributed by atoms with Gasteiger partial charge in [-0.05, 0) is 65.8 Å². The topological polar surface area (TPSA) is 65.0 Å². The van der Waals surface area contributed by atoms with Crippen molar-refractivity contribution in [2.45, 2.75) is 25.0 Å². The van der Waals surface area contributed by atoms with Crippen LogP contribution in [0.5, 0.6) is 0 Å². The molecule has 1 saturated carbocycles. The van der Waals surface area contributed by atoms with Gasteiger partial charge in [-0.2, -0.15) is 0 Å². The van der Waals surface area contributed by atoms with Gasteiger partial charge in [0.05, 0.1) is 23.7 Å². The van der Waals surface area contributed by atoms with Crippen molar-refractivity contribution in [3.05, 3.63) is 69.6 Å². The van der Waals surface area contributed by atoms with Crippen LogP contribution in [0.3, 0.4) is 0 Å². The molecule has 0 spiro atoms. The van der Waals surface area contributed by atoms with E-state index in [1.54, 1.807) is 18.3 Å². The molecule has 1 aliphatic heterocycles. The molecule has 0 aromatic heterocycles. The first-order valence-corrected chi connectivity index (χ1v) is 10.6. The van der Waals surface area contributed by atoms with Crippen LogP contribution >= 0.6 is 22.6 Å². The van der Waals surface area contributed by atoms with E-state index in [9.17, 15) is 13.9 Å². The summed E-state index contributed by atoms with van der Waals surface area (Å²) in [4.78, 5) is 1.93. The molecule has 1 atom stereocenters. The van der Waals surface area contributed by atoms with Crippen LogP contribution in [0, 0.1) is 15.2 Å². The lowest BCUT2D eigenvalue weighted by Crippen LogP contribution is -2.27. The lowest BCUT2D eigenvalue weighted by Gasteiger charge is -2.32. The molecule has 0 bridgehead atoms. The number of aliphatic hydroxyl groups excluding tert-OH is 2. The number of anilines is 3. The Bertz CT molecular complexity index is 1020. The van der Waals surface area contributed by atoms with Crippen molar-refractivity contribution in [1.82, 2.24) is 0 Å². The fraction of sp³-hybridized carbons (Fsp3) is 0.273. The molecule has 158 valence electrons. The Morgan fingerprint density at radius 3 is 2.67 bits per heavy atom. The number of nitrogens with zero attached hydrogens (tertiary/aromatic N) is 1. The van der Waals surface area contributed by atoms with Gasteiger partial charge in [0.1, 0.15) is 30.1 Å². The zero-order valence-electron chi connectivity index (χ0n) is 16.0. The van der Waals surface area contributed by atoms with Crippen molar-refractivity contribution < 1.29 is 23.7 Å². The molecule has 5 nitrogen and oxygen atoms in total. The smallest absolute Gasteiger partial charge is 0.147 e. The third-order valence-electron chi connectivity index (χ3n) is 5.00. The number of allylic oxidation sites excluding steroid dienone is 1. The SMILES string of the molecule is C=C1C(OC[C@H](O)CO)=CN(C2CC2)c2cc(F)cc(Nc3ccc(I)cc3F)c21. The monoisotopic (exact) mass is 526 g/mol. The second-order valence-electron chi connectivity index (χ2n) is 7.35. The highest BCUT2D eigenvalue weighted by atomic mass is 127. The van der Waals surface area contributed by atoms with Crippen molar-refractivity contribution in [3.8, 4) is 0 Å². The van der Waals surface area contributed by atoms with E-state index in [0.717, 1.165) is 16.4 Å². The molecule has 4 rings (SSSR count). The molecular formula is C22H21F2IN2O3. The van der Waals surface area contributed by atoms with Gasteiger partial charge >= 0.3 is 0 Å². The van der Waals surface area contributed by atoms with Gasteiger partial charge in [0.15, 0.2) is 0 Å². The maximum Gasteiger partial charge on any atom is 0.147 e. The molecule has 0 unspecified atom stereocenters. The van der Waals surface area contributed by atoms with Crippen LogP contribution in [0.25, 0.3) is 5.57 Å². The van der Waals surface area contributed by atoms with Gasteiger partial charge in [-0.15, -0.1) is 0 Å². The number of rotatable bonds is 7. The summed E-state index contributed by atoms with van der Waals surface area (Å²) in [5, 5.41) is 21.7. The van der Waals surface area contributed by atoms with Gasteiger partial charge in [0, 0.05) is 26.9 Å². The number of hydrogen-bond acceptors (Lipinski definition) is 5. The Hall–Kier alpha value is -2.17. The summed E-state index contributed by atoms with van der Waals surface area (Å²) in [6.07, 6.45) is 2.64. The van der Waals surface area contributed by atoms with Crippen LogP contribution in [0.2, 0.25) is 0 Å². The molecule has 1 heterocycles. The second-order valence-corrected chi connectivity index (χ2v) is 8.60. The van der Waals surface area contributed by atoms with E-state index in [2.05, 4.69) is 11.9 Å². The van der Waals surface area contributed by atoms with E-state index in [1.807, 2.05) is 27.5 Å². The van der Waals surface area contributed by atoms with Crippen LogP contribution in [0.15, 0.2) is 48.9 Å². The van der Waals surface area contributed by atoms with Crippen molar-refractivity contribution in [3.63, 3.8) is 0 Å². The summed E-state index contributed by atoms with van der Waals surface area (Å²) in [6.45, 7) is 3.57. The molecule has 2 aromatic rings. The van der Waals surface area contributed by atoms with Crippen LogP contribution < -0.4 is 10.2 Å². The van der Waals surface area contributed by atoms with Gasteiger partial charge in [0.2, 0.25) is 0 Å². The number of ether oxygens (including phenoxy) is 1. The Kier molecular flexibility index (Phi) is 5.99. The largest absolute Gasteiger partial charge is 0.489 e. The Morgan fingerprint density at radius 1 is 1.23 bits per heavy atom. The third-order valence-corrected chi connectivity index (χ3v) is 5.67. The van der Waals surface area contributed by atoms with Gasteiger partial charge in [-0.3, -0.25) is 0 Å². The highest BCUT2D eigenvalue weighted by Crippen LogP contribution is 2.46. The van der Waals surface area contributed by atoms with E-state index < -0.39 is 24.3 Å². The minimum Gasteiger partial charge on any atom is -0.489 e. The van der Waals surface area contributed by atoms with Gasteiger partial charge < -0.3 is 25.2 Å². The Morgan fingerprint density at radius 2 is 2.00 bits per heavy atom. The molecule has 1 fully saturated rings. The molecule has 0 saturated heterocycles. The van der Waals surface area contributed by atoms with E-state index in [4.69, 9.17) is 9.84 Å². The number of benzene rings is 2. The highest BCUT2D eigenvalue weighted by molar-refractivity contribution is 14.1. The van der Waals surface area contributed by atoms with Gasteiger partial charge in [-0.25, -0.2) is 8.78 Å². The van der Waals surface area contributed by atoms with E-state index in [1.165, 1.54) is 18.2 Å². The fourth-order valence-electron chi connectivity index (χ4n) is 3.36. The predicted molar refractivity (Wildman–Crippen MR) is 120 cm³/mol. The van der Waals surface area contributed by atoms with Gasteiger partial charge in [-0.1, -0.05) is 6.58 Å². The number of aliphatic hydroxyl groups is 2. The number of fused-ring (bicyclic) bond motifs is 1. The molecule has 2 aliphatic rings. The van der Waals surface area contributed by atoms with E-state index in [-0.39, 0.29) is 18.3 Å². The molecule has 30 heavy (non-hydrogen) atoms. The quantitative estimate of drug-likeness (QED) is 0.464. The summed E-state index contributed by atoms with van der Waals surface area (Å²) < 4.78 is 35.4. The third kappa shape index (κ3) is 4.30. The van der Waals surface area contributed by atoms with Crippen LogP contribution in [-0.2, 0) is 4.74 Å². The Balaban J connectivity index is 1.74. The predicted octanol–water partition coefficient (Wildman–Crippen LogP) is 4.52. The Labute approximate surface area is 186 Å². The normalized spacial score (nSPS) is 16.8. The summed E-state index contributed by atoms with van der Waals surface area (Å²) in [5.41, 5.74) is 2.32. The molecule has 0 amide bonds. The van der Waals surface area contributed by atoms with Crippen LogP contribution in [0.1, 0.15) is 18.4 Å². The summed E-state index contributed by atoms with van der Waals surface area (Å²) >= 11 is 2.02. The average molecular weight is 526 g/mol. The second kappa shape index (κ2) is 8.52. The van der Waals surface area contributed by atoms with Crippen molar-refractivity contribution in [1.29, 1.82) is 0 Å². The standard InChI is InChI=1S/C22H21F2IN2O3/c1-12-21(30-11-16(29)10-28)9-27(15-3-4-15)20-7-13(23)6-19(22(12)20)26-18-5-2-14(25)8-17(18)24/h2,5-9,15-16,26,28-29H,1,3-4,10-11H2/t16-/m1/s1. The number of hydrogen-bond donors (Lipinski definition) is 3. The molecule has 8 heteroatoms. The van der Waals surface area contributed by atoms with Crippen molar-refractivity contribution >= 4 is 45.2 Å². The summed E-state index contributed by atoms with van der Waals surface area (Å²) in [6, 6.07) is 7.70. The summed E-state index contributed by atoms with van der Waals surface area (Å²) in [5.74, 6) is -0.479. The number of halogens is 3.